The van der Waals surface area contributed by atoms with Gasteiger partial charge in [-0.05, 0) is 55.6 Å². The van der Waals surface area contributed by atoms with Gasteiger partial charge in [-0.2, -0.15) is 0 Å². The predicted octanol–water partition coefficient (Wildman–Crippen LogP) is 3.98. The lowest BCUT2D eigenvalue weighted by Gasteiger charge is -2.34. The Kier molecular flexibility index (Phi) is 5.39. The molecule has 1 amide bonds. The number of nitrogens with two attached hydrogens (primary N) is 1. The number of halogens is 2. The van der Waals surface area contributed by atoms with Crippen molar-refractivity contribution in [2.24, 2.45) is 0 Å². The Balaban J connectivity index is 1.90. The van der Waals surface area contributed by atoms with Gasteiger partial charge in [-0.15, -0.1) is 0 Å². The van der Waals surface area contributed by atoms with Crippen molar-refractivity contribution < 1.29 is 13.9 Å². The molecule has 0 spiro atoms. The summed E-state index contributed by atoms with van der Waals surface area (Å²) in [6, 6.07) is 3.13. The van der Waals surface area contributed by atoms with E-state index in [1.165, 1.54) is 6.07 Å². The van der Waals surface area contributed by atoms with Gasteiger partial charge in [0.1, 0.15) is 11.4 Å². The molecule has 1 aliphatic rings. The topological polar surface area (TPSA) is 67.6 Å². The van der Waals surface area contributed by atoms with E-state index in [2.05, 4.69) is 21.2 Å². The third-order valence-corrected chi connectivity index (χ3v) is 4.21. The third-order valence-electron chi connectivity index (χ3n) is 3.60. The molecule has 0 bridgehead atoms. The van der Waals surface area contributed by atoms with Gasteiger partial charge in [0.25, 0.3) is 0 Å². The van der Waals surface area contributed by atoms with E-state index in [1.54, 1.807) is 11.0 Å². The second kappa shape index (κ2) is 6.95. The van der Waals surface area contributed by atoms with Gasteiger partial charge in [0.2, 0.25) is 0 Å². The van der Waals surface area contributed by atoms with Crippen LogP contribution in [0.25, 0.3) is 0 Å². The number of rotatable bonds is 2. The maximum Gasteiger partial charge on any atom is 0.410 e. The molecular weight excluding hydrogens is 365 g/mol. The fraction of sp³-hybridized carbons (Fsp3) is 0.562. The number of benzene rings is 1. The molecule has 7 heteroatoms. The molecule has 0 aliphatic carbocycles. The van der Waals surface area contributed by atoms with Gasteiger partial charge in [0, 0.05) is 25.2 Å². The molecule has 5 nitrogen and oxygen atoms in total. The summed E-state index contributed by atoms with van der Waals surface area (Å²) >= 11 is 3.16. The zero-order valence-electron chi connectivity index (χ0n) is 13.7. The molecule has 0 atom stereocenters. The molecule has 0 radical (unpaired) electrons. The Labute approximate surface area is 144 Å². The van der Waals surface area contributed by atoms with E-state index in [9.17, 15) is 9.18 Å². The molecule has 0 unspecified atom stereocenters. The van der Waals surface area contributed by atoms with Crippen molar-refractivity contribution in [2.75, 3.05) is 24.1 Å². The SMILES string of the molecule is CC(C)(C)OC(=O)N1CCC(Nc2cc(Br)c(F)cc2N)CC1. The second-order valence-corrected chi connectivity index (χ2v) is 7.59. The number of piperidine rings is 1. The van der Waals surface area contributed by atoms with Gasteiger partial charge < -0.3 is 20.7 Å². The van der Waals surface area contributed by atoms with Crippen LogP contribution in [0.5, 0.6) is 0 Å². The van der Waals surface area contributed by atoms with Crippen LogP contribution in [0.15, 0.2) is 16.6 Å². The van der Waals surface area contributed by atoms with Crippen LogP contribution in [0.2, 0.25) is 0 Å². The fourth-order valence-corrected chi connectivity index (χ4v) is 2.78. The number of nitrogen functional groups attached to an aromatic ring is 1. The van der Waals surface area contributed by atoms with Gasteiger partial charge in [0.05, 0.1) is 15.8 Å². The fourth-order valence-electron chi connectivity index (χ4n) is 2.44. The van der Waals surface area contributed by atoms with Gasteiger partial charge in [0.15, 0.2) is 0 Å². The molecule has 1 aromatic rings. The smallest absolute Gasteiger partial charge is 0.410 e. The number of amides is 1. The van der Waals surface area contributed by atoms with Crippen LogP contribution >= 0.6 is 15.9 Å². The number of hydrogen-bond donors (Lipinski definition) is 2. The highest BCUT2D eigenvalue weighted by molar-refractivity contribution is 9.10. The normalized spacial score (nSPS) is 16.3. The minimum atomic E-state index is -0.485. The largest absolute Gasteiger partial charge is 0.444 e. The van der Waals surface area contributed by atoms with Crippen LogP contribution in [0.1, 0.15) is 33.6 Å². The molecule has 0 saturated carbocycles. The highest BCUT2D eigenvalue weighted by Crippen LogP contribution is 2.28. The summed E-state index contributed by atoms with van der Waals surface area (Å²) < 4.78 is 19.2. The summed E-state index contributed by atoms with van der Waals surface area (Å²) in [7, 11) is 0. The molecule has 128 valence electrons. The van der Waals surface area contributed by atoms with Crippen molar-refractivity contribution in [3.05, 3.63) is 22.4 Å². The number of likely N-dealkylation sites (tertiary alicyclic amines) is 1. The Morgan fingerprint density at radius 1 is 1.39 bits per heavy atom. The molecular formula is C16H23BrFN3O2. The van der Waals surface area contributed by atoms with Crippen LogP contribution < -0.4 is 11.1 Å². The van der Waals surface area contributed by atoms with Crippen LogP contribution in [-0.4, -0.2) is 35.7 Å². The van der Waals surface area contributed by atoms with E-state index in [0.717, 1.165) is 12.8 Å². The van der Waals surface area contributed by atoms with E-state index in [4.69, 9.17) is 10.5 Å². The molecule has 1 fully saturated rings. The lowest BCUT2D eigenvalue weighted by molar-refractivity contribution is 0.0210. The van der Waals surface area contributed by atoms with Crippen molar-refractivity contribution >= 4 is 33.4 Å². The summed E-state index contributed by atoms with van der Waals surface area (Å²) in [5, 5.41) is 3.32. The minimum absolute atomic E-state index is 0.188. The van der Waals surface area contributed by atoms with Crippen LogP contribution in [0.4, 0.5) is 20.6 Å². The molecule has 1 heterocycles. The lowest BCUT2D eigenvalue weighted by atomic mass is 10.0. The standard InChI is InChI=1S/C16H23BrFN3O2/c1-16(2,3)23-15(22)21-6-4-10(5-7-21)20-14-8-11(17)12(18)9-13(14)19/h8-10,20H,4-7,19H2,1-3H3. The maximum absolute atomic E-state index is 13.4. The Hall–Kier alpha value is -1.50. The summed E-state index contributed by atoms with van der Waals surface area (Å²) in [5.41, 5.74) is 6.44. The van der Waals surface area contributed by atoms with Crippen LogP contribution in [-0.2, 0) is 4.74 Å². The average molecular weight is 388 g/mol. The Bertz CT molecular complexity index is 581. The monoisotopic (exact) mass is 387 g/mol. The quantitative estimate of drug-likeness (QED) is 0.752. The predicted molar refractivity (Wildman–Crippen MR) is 93.0 cm³/mol. The first-order chi connectivity index (χ1) is 10.7. The van der Waals surface area contributed by atoms with Crippen molar-refractivity contribution in [2.45, 2.75) is 45.3 Å². The number of nitrogens with zero attached hydrogens (tertiary/aromatic N) is 1. The second-order valence-electron chi connectivity index (χ2n) is 6.74. The van der Waals surface area contributed by atoms with Crippen molar-refractivity contribution in [1.29, 1.82) is 0 Å². The molecule has 23 heavy (non-hydrogen) atoms. The Morgan fingerprint density at radius 2 is 2.00 bits per heavy atom. The third kappa shape index (κ3) is 4.99. The van der Waals surface area contributed by atoms with E-state index in [-0.39, 0.29) is 18.0 Å². The van der Waals surface area contributed by atoms with Crippen molar-refractivity contribution in [3.8, 4) is 0 Å². The molecule has 1 aliphatic heterocycles. The minimum Gasteiger partial charge on any atom is -0.444 e. The first-order valence-electron chi connectivity index (χ1n) is 7.64. The Morgan fingerprint density at radius 3 is 2.57 bits per heavy atom. The first-order valence-corrected chi connectivity index (χ1v) is 8.44. The van der Waals surface area contributed by atoms with Gasteiger partial charge in [-0.3, -0.25) is 0 Å². The van der Waals surface area contributed by atoms with Gasteiger partial charge in [-0.25, -0.2) is 9.18 Å². The van der Waals surface area contributed by atoms with E-state index in [1.807, 2.05) is 20.8 Å². The van der Waals surface area contributed by atoms with E-state index in [0.29, 0.717) is 28.9 Å². The highest BCUT2D eigenvalue weighted by Gasteiger charge is 2.27. The van der Waals surface area contributed by atoms with Gasteiger partial charge >= 0.3 is 6.09 Å². The molecule has 2 rings (SSSR count). The van der Waals surface area contributed by atoms with Crippen LogP contribution in [0, 0.1) is 5.82 Å². The zero-order chi connectivity index (χ0) is 17.2. The maximum atomic E-state index is 13.4. The number of carbonyl (C=O) groups is 1. The number of hydrogen-bond acceptors (Lipinski definition) is 4. The van der Waals surface area contributed by atoms with Crippen molar-refractivity contribution in [3.63, 3.8) is 0 Å². The first kappa shape index (κ1) is 17.8. The number of ether oxygens (including phenoxy) is 1. The average Bonchev–Trinajstić information content (AvgIpc) is 2.43. The zero-order valence-corrected chi connectivity index (χ0v) is 15.2. The highest BCUT2D eigenvalue weighted by atomic mass is 79.9. The molecule has 3 N–H and O–H groups in total. The number of anilines is 2. The number of carbonyl (C=O) groups excluding carboxylic acids is 1. The number of nitrogens with one attached hydrogen (secondary N) is 1. The van der Waals surface area contributed by atoms with E-state index >= 15 is 0 Å². The summed E-state index contributed by atoms with van der Waals surface area (Å²) in [6.45, 7) is 6.81. The lowest BCUT2D eigenvalue weighted by Crippen LogP contribution is -2.44. The summed E-state index contributed by atoms with van der Waals surface area (Å²) in [6.07, 6.45) is 1.29. The summed E-state index contributed by atoms with van der Waals surface area (Å²) in [5.74, 6) is -0.382. The van der Waals surface area contributed by atoms with Gasteiger partial charge in [-0.1, -0.05) is 0 Å². The van der Waals surface area contributed by atoms with Crippen molar-refractivity contribution in [1.82, 2.24) is 4.90 Å². The van der Waals surface area contributed by atoms with Crippen LogP contribution in [0.3, 0.4) is 0 Å². The molecule has 0 aromatic heterocycles. The van der Waals surface area contributed by atoms with E-state index < -0.39 is 5.60 Å². The molecule has 1 aromatic carbocycles. The molecule has 1 saturated heterocycles. The summed E-state index contributed by atoms with van der Waals surface area (Å²) in [4.78, 5) is 13.7.